The van der Waals surface area contributed by atoms with Crippen LogP contribution in [0.5, 0.6) is 0 Å². The van der Waals surface area contributed by atoms with Crippen molar-refractivity contribution >= 4 is 34.9 Å². The molecule has 1 aromatic heterocycles. The van der Waals surface area contributed by atoms with Gasteiger partial charge in [-0.1, -0.05) is 11.6 Å². The highest BCUT2D eigenvalue weighted by atomic mass is 35.5. The number of amides is 1. The molecule has 0 aliphatic carbocycles. The van der Waals surface area contributed by atoms with E-state index in [2.05, 4.69) is 5.10 Å². The number of halogens is 4. The molecule has 156 valence electrons. The predicted octanol–water partition coefficient (Wildman–Crippen LogP) is 3.49. The van der Waals surface area contributed by atoms with Gasteiger partial charge in [-0.15, -0.1) is 0 Å². The molecular formula is C16H14ClF3N4O5. The SMILES string of the molecule is Cc1nn(C)c(Cl)c1C(=O)OC(C)C(=O)Nc1ccc([N+](=O)[O-])cc1C(F)(F)F. The zero-order chi connectivity index (χ0) is 22.1. The fourth-order valence-electron chi connectivity index (χ4n) is 2.36. The normalized spacial score (nSPS) is 12.4. The number of benzene rings is 1. The molecular weight excluding hydrogens is 421 g/mol. The zero-order valence-electron chi connectivity index (χ0n) is 15.2. The number of rotatable bonds is 5. The lowest BCUT2D eigenvalue weighted by Gasteiger charge is -2.16. The molecule has 0 aliphatic rings. The Bertz CT molecular complexity index is 990. The van der Waals surface area contributed by atoms with Crippen LogP contribution in [0.4, 0.5) is 24.5 Å². The smallest absolute Gasteiger partial charge is 0.418 e. The molecule has 0 bridgehead atoms. The number of nitro groups is 1. The van der Waals surface area contributed by atoms with E-state index < -0.39 is 46.0 Å². The average Bonchev–Trinajstić information content (AvgIpc) is 2.85. The fraction of sp³-hybridized carbons (Fsp3) is 0.312. The van der Waals surface area contributed by atoms with E-state index in [0.29, 0.717) is 6.07 Å². The number of carbonyl (C=O) groups is 2. The molecule has 0 radical (unpaired) electrons. The lowest BCUT2D eigenvalue weighted by Crippen LogP contribution is -2.31. The van der Waals surface area contributed by atoms with Crippen molar-refractivity contribution in [3.05, 3.63) is 50.3 Å². The summed E-state index contributed by atoms with van der Waals surface area (Å²) in [4.78, 5) is 34.1. The Kier molecular flexibility index (Phi) is 6.16. The van der Waals surface area contributed by atoms with E-state index in [1.165, 1.54) is 18.7 Å². The summed E-state index contributed by atoms with van der Waals surface area (Å²) < 4.78 is 45.7. The first-order valence-electron chi connectivity index (χ1n) is 7.89. The van der Waals surface area contributed by atoms with Gasteiger partial charge in [-0.05, 0) is 19.9 Å². The van der Waals surface area contributed by atoms with Gasteiger partial charge in [0, 0.05) is 19.2 Å². The molecule has 2 aromatic rings. The lowest BCUT2D eigenvalue weighted by atomic mass is 10.1. The number of nitrogens with zero attached hydrogens (tertiary/aromatic N) is 3. The first-order chi connectivity index (χ1) is 13.3. The number of hydrogen-bond donors (Lipinski definition) is 1. The molecule has 0 fully saturated rings. The van der Waals surface area contributed by atoms with Crippen molar-refractivity contribution in [1.29, 1.82) is 0 Å². The number of hydrogen-bond acceptors (Lipinski definition) is 6. The van der Waals surface area contributed by atoms with Crippen LogP contribution in [0.25, 0.3) is 0 Å². The largest absolute Gasteiger partial charge is 0.449 e. The molecule has 0 spiro atoms. The molecule has 0 saturated heterocycles. The van der Waals surface area contributed by atoms with Gasteiger partial charge in [-0.25, -0.2) is 4.79 Å². The number of carbonyl (C=O) groups excluding carboxylic acids is 2. The van der Waals surface area contributed by atoms with Crippen LogP contribution in [0.1, 0.15) is 28.5 Å². The van der Waals surface area contributed by atoms with E-state index in [1.54, 1.807) is 0 Å². The first-order valence-corrected chi connectivity index (χ1v) is 8.27. The zero-order valence-corrected chi connectivity index (χ0v) is 16.0. The van der Waals surface area contributed by atoms with Crippen LogP contribution in [-0.4, -0.2) is 32.7 Å². The van der Waals surface area contributed by atoms with Gasteiger partial charge < -0.3 is 10.1 Å². The fourth-order valence-corrected chi connectivity index (χ4v) is 2.61. The van der Waals surface area contributed by atoms with Crippen molar-refractivity contribution in [2.45, 2.75) is 26.1 Å². The molecule has 2 rings (SSSR count). The van der Waals surface area contributed by atoms with Gasteiger partial charge in [-0.2, -0.15) is 18.3 Å². The summed E-state index contributed by atoms with van der Waals surface area (Å²) in [5, 5.41) is 16.6. The van der Waals surface area contributed by atoms with E-state index >= 15 is 0 Å². The lowest BCUT2D eigenvalue weighted by molar-refractivity contribution is -0.385. The van der Waals surface area contributed by atoms with Crippen LogP contribution in [-0.2, 0) is 22.8 Å². The maximum absolute atomic E-state index is 13.2. The molecule has 1 N–H and O–H groups in total. The van der Waals surface area contributed by atoms with Crippen LogP contribution in [0.3, 0.4) is 0 Å². The first kappa shape index (κ1) is 22.1. The minimum atomic E-state index is -4.96. The predicted molar refractivity (Wildman–Crippen MR) is 94.6 cm³/mol. The highest BCUT2D eigenvalue weighted by molar-refractivity contribution is 6.32. The van der Waals surface area contributed by atoms with Crippen LogP contribution in [0.15, 0.2) is 18.2 Å². The quantitative estimate of drug-likeness (QED) is 0.437. The van der Waals surface area contributed by atoms with Gasteiger partial charge in [0.05, 0.1) is 21.9 Å². The minimum Gasteiger partial charge on any atom is -0.449 e. The van der Waals surface area contributed by atoms with E-state index in [-0.39, 0.29) is 16.4 Å². The molecule has 0 saturated carbocycles. The maximum atomic E-state index is 13.2. The van der Waals surface area contributed by atoms with Crippen molar-refractivity contribution < 1.29 is 32.4 Å². The van der Waals surface area contributed by atoms with Crippen molar-refractivity contribution in [2.24, 2.45) is 7.05 Å². The Labute approximate surface area is 166 Å². The van der Waals surface area contributed by atoms with Crippen molar-refractivity contribution in [1.82, 2.24) is 9.78 Å². The minimum absolute atomic E-state index is 0.0326. The average molecular weight is 435 g/mol. The Morgan fingerprint density at radius 2 is 2.00 bits per heavy atom. The van der Waals surface area contributed by atoms with Gasteiger partial charge >= 0.3 is 12.1 Å². The van der Waals surface area contributed by atoms with Gasteiger partial charge in [0.15, 0.2) is 6.10 Å². The number of alkyl halides is 3. The highest BCUT2D eigenvalue weighted by Gasteiger charge is 2.36. The van der Waals surface area contributed by atoms with E-state index in [9.17, 15) is 32.9 Å². The van der Waals surface area contributed by atoms with Gasteiger partial charge in [0.25, 0.3) is 11.6 Å². The Balaban J connectivity index is 2.21. The van der Waals surface area contributed by atoms with Gasteiger partial charge in [0.2, 0.25) is 0 Å². The Hall–Kier alpha value is -3.15. The molecule has 1 atom stereocenters. The number of nitrogens with one attached hydrogen (secondary N) is 1. The van der Waals surface area contributed by atoms with Gasteiger partial charge in [-0.3, -0.25) is 19.6 Å². The number of anilines is 1. The summed E-state index contributed by atoms with van der Waals surface area (Å²) >= 11 is 5.93. The van der Waals surface area contributed by atoms with Gasteiger partial charge in [0.1, 0.15) is 10.7 Å². The van der Waals surface area contributed by atoms with E-state index in [1.807, 2.05) is 5.32 Å². The topological polar surface area (TPSA) is 116 Å². The summed E-state index contributed by atoms with van der Waals surface area (Å²) in [7, 11) is 1.48. The second kappa shape index (κ2) is 8.07. The molecule has 29 heavy (non-hydrogen) atoms. The standard InChI is InChI=1S/C16H14ClF3N4O5/c1-7-12(13(17)23(3)22-7)15(26)29-8(2)14(25)21-11-5-4-9(24(27)28)6-10(11)16(18,19)20/h4-6,8H,1-3H3,(H,21,25). The second-order valence-corrected chi connectivity index (χ2v) is 6.25. The summed E-state index contributed by atoms with van der Waals surface area (Å²) in [5.74, 6) is -2.06. The third kappa shape index (κ3) is 4.83. The molecule has 1 amide bonds. The summed E-state index contributed by atoms with van der Waals surface area (Å²) in [6.45, 7) is 2.63. The molecule has 9 nitrogen and oxygen atoms in total. The molecule has 0 aliphatic heterocycles. The number of nitro benzene ring substituents is 1. The number of aromatic nitrogens is 2. The number of ether oxygens (including phenoxy) is 1. The number of non-ortho nitro benzene ring substituents is 1. The summed E-state index contributed by atoms with van der Waals surface area (Å²) in [6, 6.07) is 1.85. The van der Waals surface area contributed by atoms with Crippen LogP contribution in [0.2, 0.25) is 5.15 Å². The van der Waals surface area contributed by atoms with E-state index in [0.717, 1.165) is 19.1 Å². The maximum Gasteiger partial charge on any atom is 0.418 e. The van der Waals surface area contributed by atoms with Crippen molar-refractivity contribution in [3.8, 4) is 0 Å². The van der Waals surface area contributed by atoms with Crippen LogP contribution >= 0.6 is 11.6 Å². The van der Waals surface area contributed by atoms with Crippen LogP contribution in [0, 0.1) is 17.0 Å². The van der Waals surface area contributed by atoms with Crippen molar-refractivity contribution in [3.63, 3.8) is 0 Å². The van der Waals surface area contributed by atoms with Crippen molar-refractivity contribution in [2.75, 3.05) is 5.32 Å². The monoisotopic (exact) mass is 434 g/mol. The highest BCUT2D eigenvalue weighted by Crippen LogP contribution is 2.37. The van der Waals surface area contributed by atoms with E-state index in [4.69, 9.17) is 16.3 Å². The molecule has 1 heterocycles. The third-order valence-corrected chi connectivity index (χ3v) is 4.22. The van der Waals surface area contributed by atoms with Crippen LogP contribution < -0.4 is 5.32 Å². The summed E-state index contributed by atoms with van der Waals surface area (Å²) in [6.07, 6.45) is -6.45. The molecule has 1 aromatic carbocycles. The third-order valence-electron chi connectivity index (χ3n) is 3.79. The number of esters is 1. The Morgan fingerprint density at radius 1 is 1.38 bits per heavy atom. The molecule has 1 unspecified atom stereocenters. The molecule has 13 heteroatoms. The number of aryl methyl sites for hydroxylation is 2. The Morgan fingerprint density at radius 3 is 2.48 bits per heavy atom. The second-order valence-electron chi connectivity index (χ2n) is 5.90. The summed E-state index contributed by atoms with van der Waals surface area (Å²) in [5.41, 5.74) is -2.77.